The number of hydrogen-bond donors (Lipinski definition) is 0. The lowest BCUT2D eigenvalue weighted by molar-refractivity contribution is 0.226. The van der Waals surface area contributed by atoms with Gasteiger partial charge in [-0.15, -0.1) is 0 Å². The van der Waals surface area contributed by atoms with Crippen LogP contribution in [0.25, 0.3) is 0 Å². The van der Waals surface area contributed by atoms with Gasteiger partial charge in [-0.1, -0.05) is 42.3 Å². The summed E-state index contributed by atoms with van der Waals surface area (Å²) in [5.74, 6) is -1.53. The van der Waals surface area contributed by atoms with Gasteiger partial charge in [-0.2, -0.15) is 0 Å². The second kappa shape index (κ2) is 11.7. The number of rotatable bonds is 9. The van der Waals surface area contributed by atoms with E-state index in [4.69, 9.17) is 11.6 Å². The average molecular weight is 533 g/mol. The molecule has 0 N–H and O–H groups in total. The minimum Gasteiger partial charge on any atom is -0.303 e. The Morgan fingerprint density at radius 2 is 1.67 bits per heavy atom. The summed E-state index contributed by atoms with van der Waals surface area (Å²) in [4.78, 5) is 2.42. The summed E-state index contributed by atoms with van der Waals surface area (Å²) in [5, 5.41) is 0.379. The lowest BCUT2D eigenvalue weighted by atomic mass is 9.97. The molecular weight excluding hydrogens is 502 g/mol. The minimum absolute atomic E-state index is 0.0509. The molecule has 1 unspecified atom stereocenters. The van der Waals surface area contributed by atoms with E-state index < -0.39 is 27.7 Å². The third-order valence-corrected chi connectivity index (χ3v) is 8.89. The smallest absolute Gasteiger partial charge is 0.264 e. The summed E-state index contributed by atoms with van der Waals surface area (Å²) < 4.78 is 57.9. The van der Waals surface area contributed by atoms with Crippen molar-refractivity contribution in [3.8, 4) is 0 Å². The highest BCUT2D eigenvalue weighted by Crippen LogP contribution is 2.37. The molecule has 36 heavy (non-hydrogen) atoms. The van der Waals surface area contributed by atoms with Crippen LogP contribution in [0.5, 0.6) is 0 Å². The second-order valence-electron chi connectivity index (χ2n) is 9.23. The van der Waals surface area contributed by atoms with E-state index in [1.165, 1.54) is 43.5 Å². The van der Waals surface area contributed by atoms with E-state index in [9.17, 15) is 12.8 Å². The molecule has 0 aromatic heterocycles. The lowest BCUT2D eigenvalue weighted by Crippen LogP contribution is -2.35. The Bertz CT molecular complexity index is 1280. The van der Waals surface area contributed by atoms with Crippen LogP contribution in [0.4, 0.5) is 14.5 Å². The third-order valence-electron chi connectivity index (χ3n) is 6.74. The predicted molar refractivity (Wildman–Crippen MR) is 141 cm³/mol. The molecule has 1 fully saturated rings. The van der Waals surface area contributed by atoms with E-state index in [1.54, 1.807) is 6.92 Å². The van der Waals surface area contributed by atoms with Crippen molar-refractivity contribution in [2.45, 2.75) is 50.0 Å². The van der Waals surface area contributed by atoms with Crippen LogP contribution in [-0.2, 0) is 16.4 Å². The Hall–Kier alpha value is -2.48. The van der Waals surface area contributed by atoms with Crippen LogP contribution in [0.15, 0.2) is 71.6 Å². The number of aryl methyl sites for hydroxylation is 1. The fraction of sp³-hybridized carbons (Fsp3) is 0.357. The van der Waals surface area contributed by atoms with Gasteiger partial charge in [0, 0.05) is 11.1 Å². The SMILES string of the molecule is CC(c1ccccc1CCCN1CCCCC1)N(c1cc(F)ccc1F)S(=O)(=O)c1ccc(Cl)cc1. The van der Waals surface area contributed by atoms with Crippen molar-refractivity contribution in [2.75, 3.05) is 23.9 Å². The standard InChI is InChI=1S/C28H31ClF2N2O2S/c1-21(26-10-4-3-8-22(26)9-7-19-32-17-5-2-6-18-32)33(28-20-24(30)13-16-27(28)31)36(34,35)25-14-11-23(29)12-15-25/h3-4,8,10-16,20-21H,2,5-7,9,17-19H2,1H3. The second-order valence-corrected chi connectivity index (χ2v) is 11.5. The van der Waals surface area contributed by atoms with Gasteiger partial charge in [0.25, 0.3) is 10.0 Å². The number of hydrogen-bond acceptors (Lipinski definition) is 3. The number of piperidine rings is 1. The van der Waals surface area contributed by atoms with Crippen molar-refractivity contribution in [1.82, 2.24) is 4.90 Å². The number of halogens is 3. The molecule has 1 saturated heterocycles. The Balaban J connectivity index is 1.70. The van der Waals surface area contributed by atoms with Gasteiger partial charge >= 0.3 is 0 Å². The molecule has 0 saturated carbocycles. The molecule has 0 aliphatic carbocycles. The summed E-state index contributed by atoms with van der Waals surface area (Å²) in [6, 6.07) is 15.4. The van der Waals surface area contributed by atoms with Gasteiger partial charge in [-0.25, -0.2) is 17.2 Å². The van der Waals surface area contributed by atoms with E-state index in [1.807, 2.05) is 24.3 Å². The van der Waals surface area contributed by atoms with Crippen molar-refractivity contribution in [1.29, 1.82) is 0 Å². The van der Waals surface area contributed by atoms with Gasteiger partial charge in [0.05, 0.1) is 16.6 Å². The van der Waals surface area contributed by atoms with E-state index in [-0.39, 0.29) is 10.6 Å². The highest BCUT2D eigenvalue weighted by atomic mass is 35.5. The molecule has 1 atom stereocenters. The van der Waals surface area contributed by atoms with Crippen LogP contribution in [0, 0.1) is 11.6 Å². The van der Waals surface area contributed by atoms with Crippen LogP contribution in [0.2, 0.25) is 5.02 Å². The zero-order valence-corrected chi connectivity index (χ0v) is 21.9. The molecule has 0 radical (unpaired) electrons. The molecule has 0 amide bonds. The third kappa shape index (κ3) is 6.07. The summed E-state index contributed by atoms with van der Waals surface area (Å²) in [5.41, 5.74) is 1.42. The largest absolute Gasteiger partial charge is 0.303 e. The maximum atomic E-state index is 15.0. The first-order valence-electron chi connectivity index (χ1n) is 12.3. The average Bonchev–Trinajstić information content (AvgIpc) is 2.87. The van der Waals surface area contributed by atoms with Crippen LogP contribution >= 0.6 is 11.6 Å². The topological polar surface area (TPSA) is 40.6 Å². The Labute approximate surface area is 217 Å². The molecule has 3 aromatic rings. The quantitative estimate of drug-likeness (QED) is 0.298. The first-order valence-corrected chi connectivity index (χ1v) is 14.1. The van der Waals surface area contributed by atoms with Crippen molar-refractivity contribution >= 4 is 27.3 Å². The van der Waals surface area contributed by atoms with Crippen molar-refractivity contribution < 1.29 is 17.2 Å². The molecule has 1 heterocycles. The van der Waals surface area contributed by atoms with Crippen LogP contribution < -0.4 is 4.31 Å². The van der Waals surface area contributed by atoms with Gasteiger partial charge in [-0.05, 0) is 99.8 Å². The molecule has 192 valence electrons. The Kier molecular flexibility index (Phi) is 8.65. The van der Waals surface area contributed by atoms with Crippen molar-refractivity contribution in [3.63, 3.8) is 0 Å². The lowest BCUT2D eigenvalue weighted by Gasteiger charge is -2.32. The minimum atomic E-state index is -4.25. The van der Waals surface area contributed by atoms with E-state index in [0.29, 0.717) is 5.02 Å². The number of benzene rings is 3. The summed E-state index contributed by atoms with van der Waals surface area (Å²) >= 11 is 5.97. The van der Waals surface area contributed by atoms with E-state index in [0.717, 1.165) is 66.1 Å². The van der Waals surface area contributed by atoms with Crippen LogP contribution in [-0.4, -0.2) is 33.0 Å². The zero-order chi connectivity index (χ0) is 25.7. The van der Waals surface area contributed by atoms with Gasteiger partial charge in [0.15, 0.2) is 0 Å². The molecule has 3 aromatic carbocycles. The summed E-state index contributed by atoms with van der Waals surface area (Å²) in [6.45, 7) is 4.92. The number of anilines is 1. The fourth-order valence-corrected chi connectivity index (χ4v) is 6.65. The fourth-order valence-electron chi connectivity index (χ4n) is 4.89. The summed E-state index contributed by atoms with van der Waals surface area (Å²) in [7, 11) is -4.25. The van der Waals surface area contributed by atoms with Crippen molar-refractivity contribution in [2.24, 2.45) is 0 Å². The Morgan fingerprint density at radius 3 is 2.39 bits per heavy atom. The molecule has 1 aliphatic heterocycles. The van der Waals surface area contributed by atoms with Crippen LogP contribution in [0.3, 0.4) is 0 Å². The van der Waals surface area contributed by atoms with Crippen LogP contribution in [0.1, 0.15) is 49.8 Å². The molecule has 0 spiro atoms. The Morgan fingerprint density at radius 1 is 0.972 bits per heavy atom. The first kappa shape index (κ1) is 26.6. The zero-order valence-electron chi connectivity index (χ0n) is 20.3. The molecule has 4 nitrogen and oxygen atoms in total. The van der Waals surface area contributed by atoms with E-state index >= 15 is 4.39 Å². The van der Waals surface area contributed by atoms with Gasteiger partial charge in [-0.3, -0.25) is 4.31 Å². The number of likely N-dealkylation sites (tertiary alicyclic amines) is 1. The molecule has 1 aliphatic rings. The maximum absolute atomic E-state index is 15.0. The highest BCUT2D eigenvalue weighted by Gasteiger charge is 2.33. The molecule has 0 bridgehead atoms. The summed E-state index contributed by atoms with van der Waals surface area (Å²) in [6.07, 6.45) is 5.43. The predicted octanol–water partition coefficient (Wildman–Crippen LogP) is 6.99. The highest BCUT2D eigenvalue weighted by molar-refractivity contribution is 7.92. The molecular formula is C28H31ClF2N2O2S. The normalized spacial score (nSPS) is 15.6. The monoisotopic (exact) mass is 532 g/mol. The maximum Gasteiger partial charge on any atom is 0.264 e. The molecule has 4 rings (SSSR count). The van der Waals surface area contributed by atoms with Crippen molar-refractivity contribution in [3.05, 3.63) is 94.5 Å². The van der Waals surface area contributed by atoms with Gasteiger partial charge in [0.2, 0.25) is 0 Å². The molecule has 8 heteroatoms. The first-order chi connectivity index (χ1) is 17.3. The van der Waals surface area contributed by atoms with Gasteiger partial charge in [0.1, 0.15) is 11.6 Å². The number of nitrogens with zero attached hydrogens (tertiary/aromatic N) is 2. The van der Waals surface area contributed by atoms with E-state index in [2.05, 4.69) is 4.90 Å². The number of sulfonamides is 1. The van der Waals surface area contributed by atoms with Gasteiger partial charge < -0.3 is 4.90 Å².